The molecule has 0 radical (unpaired) electrons. The van der Waals surface area contributed by atoms with Gasteiger partial charge in [-0.25, -0.2) is 4.39 Å². The maximum Gasteiger partial charge on any atom is 0.224 e. The van der Waals surface area contributed by atoms with Crippen molar-refractivity contribution in [3.8, 4) is 5.75 Å². The summed E-state index contributed by atoms with van der Waals surface area (Å²) in [7, 11) is 1.65. The lowest BCUT2D eigenvalue weighted by Crippen LogP contribution is -2.33. The van der Waals surface area contributed by atoms with Crippen molar-refractivity contribution in [2.24, 2.45) is 0 Å². The van der Waals surface area contributed by atoms with Crippen LogP contribution in [0, 0.1) is 5.82 Å². The molecule has 0 aliphatic heterocycles. The Morgan fingerprint density at radius 1 is 1.13 bits per heavy atom. The number of halogens is 1. The largest absolute Gasteiger partial charge is 0.497 e. The Bertz CT molecular complexity index is 676. The molecule has 1 amide bonds. The highest BCUT2D eigenvalue weighted by Gasteiger charge is 2.44. The minimum atomic E-state index is -0.286. The van der Waals surface area contributed by atoms with Crippen LogP contribution < -0.4 is 10.1 Å². The van der Waals surface area contributed by atoms with E-state index in [-0.39, 0.29) is 23.6 Å². The first-order valence-electron chi connectivity index (χ1n) is 7.77. The Morgan fingerprint density at radius 2 is 1.78 bits per heavy atom. The zero-order valence-electron chi connectivity index (χ0n) is 13.1. The second-order valence-electron chi connectivity index (χ2n) is 6.09. The molecule has 0 bridgehead atoms. The van der Waals surface area contributed by atoms with Crippen LogP contribution in [0.3, 0.4) is 0 Å². The van der Waals surface area contributed by atoms with Gasteiger partial charge in [0.1, 0.15) is 11.6 Å². The molecule has 1 aliphatic carbocycles. The van der Waals surface area contributed by atoms with Gasteiger partial charge < -0.3 is 10.1 Å². The molecule has 3 nitrogen and oxygen atoms in total. The standard InChI is InChI=1S/C19H20FNO2/c1-23-17-8-4-15(5-9-17)19(10-11-19)13-21-18(22)12-14-2-6-16(20)7-3-14/h2-9H,10-13H2,1H3,(H,21,22). The van der Waals surface area contributed by atoms with Gasteiger partial charge >= 0.3 is 0 Å². The van der Waals surface area contributed by atoms with E-state index in [4.69, 9.17) is 4.74 Å². The minimum absolute atomic E-state index is 0.0311. The molecule has 0 spiro atoms. The highest BCUT2D eigenvalue weighted by Crippen LogP contribution is 2.47. The van der Waals surface area contributed by atoms with E-state index in [1.165, 1.54) is 17.7 Å². The van der Waals surface area contributed by atoms with Crippen LogP contribution in [-0.2, 0) is 16.6 Å². The van der Waals surface area contributed by atoms with Crippen LogP contribution >= 0.6 is 0 Å². The lowest BCUT2D eigenvalue weighted by atomic mass is 9.95. The lowest BCUT2D eigenvalue weighted by molar-refractivity contribution is -0.120. The van der Waals surface area contributed by atoms with E-state index >= 15 is 0 Å². The van der Waals surface area contributed by atoms with Crippen molar-refractivity contribution in [2.45, 2.75) is 24.7 Å². The molecule has 120 valence electrons. The van der Waals surface area contributed by atoms with Crippen LogP contribution in [0.15, 0.2) is 48.5 Å². The van der Waals surface area contributed by atoms with Crippen LogP contribution in [0.4, 0.5) is 4.39 Å². The third-order valence-electron chi connectivity index (χ3n) is 4.46. The van der Waals surface area contributed by atoms with Crippen LogP contribution in [-0.4, -0.2) is 19.6 Å². The molecule has 23 heavy (non-hydrogen) atoms. The third kappa shape index (κ3) is 3.70. The van der Waals surface area contributed by atoms with Gasteiger partial charge in [-0.05, 0) is 48.2 Å². The number of hydrogen-bond acceptors (Lipinski definition) is 2. The van der Waals surface area contributed by atoms with Crippen LogP contribution in [0.25, 0.3) is 0 Å². The molecule has 2 aromatic rings. The van der Waals surface area contributed by atoms with E-state index in [1.807, 2.05) is 12.1 Å². The molecule has 3 rings (SSSR count). The number of methoxy groups -OCH3 is 1. The van der Waals surface area contributed by atoms with Crippen molar-refractivity contribution >= 4 is 5.91 Å². The van der Waals surface area contributed by atoms with Gasteiger partial charge in [0.25, 0.3) is 0 Å². The van der Waals surface area contributed by atoms with Gasteiger partial charge in [0, 0.05) is 12.0 Å². The summed E-state index contributed by atoms with van der Waals surface area (Å²) in [6.45, 7) is 0.638. The summed E-state index contributed by atoms with van der Waals surface area (Å²) < 4.78 is 18.0. The third-order valence-corrected chi connectivity index (χ3v) is 4.46. The molecule has 2 aromatic carbocycles. The average Bonchev–Trinajstić information content (AvgIpc) is 3.36. The van der Waals surface area contributed by atoms with Gasteiger partial charge in [0.2, 0.25) is 5.91 Å². The number of ether oxygens (including phenoxy) is 1. The fourth-order valence-corrected chi connectivity index (χ4v) is 2.78. The molecule has 1 fully saturated rings. The van der Waals surface area contributed by atoms with E-state index in [0.29, 0.717) is 6.54 Å². The fraction of sp³-hybridized carbons (Fsp3) is 0.316. The normalized spacial score (nSPS) is 15.0. The van der Waals surface area contributed by atoms with E-state index in [2.05, 4.69) is 17.4 Å². The molecular weight excluding hydrogens is 293 g/mol. The number of hydrogen-bond donors (Lipinski definition) is 1. The van der Waals surface area contributed by atoms with E-state index < -0.39 is 0 Å². The van der Waals surface area contributed by atoms with Gasteiger partial charge in [-0.3, -0.25) is 4.79 Å². The van der Waals surface area contributed by atoms with Crippen molar-refractivity contribution in [1.29, 1.82) is 0 Å². The molecule has 0 heterocycles. The molecule has 1 aliphatic rings. The first-order chi connectivity index (χ1) is 11.1. The quantitative estimate of drug-likeness (QED) is 0.889. The second kappa shape index (κ2) is 6.41. The molecule has 4 heteroatoms. The van der Waals surface area contributed by atoms with Gasteiger partial charge in [-0.1, -0.05) is 24.3 Å². The molecular formula is C19H20FNO2. The van der Waals surface area contributed by atoms with Crippen molar-refractivity contribution in [3.05, 3.63) is 65.5 Å². The molecule has 0 saturated heterocycles. The predicted octanol–water partition coefficient (Wildman–Crippen LogP) is 3.22. The highest BCUT2D eigenvalue weighted by atomic mass is 19.1. The van der Waals surface area contributed by atoms with Crippen molar-refractivity contribution < 1.29 is 13.9 Å². The maximum absolute atomic E-state index is 12.9. The van der Waals surface area contributed by atoms with Crippen molar-refractivity contribution in [2.75, 3.05) is 13.7 Å². The Hall–Kier alpha value is -2.36. The van der Waals surface area contributed by atoms with E-state index in [1.54, 1.807) is 19.2 Å². The number of carbonyl (C=O) groups is 1. The number of rotatable bonds is 6. The minimum Gasteiger partial charge on any atom is -0.497 e. The molecule has 0 aromatic heterocycles. The molecule has 1 N–H and O–H groups in total. The second-order valence-corrected chi connectivity index (χ2v) is 6.09. The summed E-state index contributed by atoms with van der Waals surface area (Å²) in [5.41, 5.74) is 2.11. The summed E-state index contributed by atoms with van der Waals surface area (Å²) in [4.78, 5) is 12.1. The average molecular weight is 313 g/mol. The zero-order chi connectivity index (χ0) is 16.3. The summed E-state index contributed by atoms with van der Waals surface area (Å²) in [5.74, 6) is 0.520. The van der Waals surface area contributed by atoms with Crippen molar-refractivity contribution in [1.82, 2.24) is 5.32 Å². The molecule has 0 unspecified atom stereocenters. The van der Waals surface area contributed by atoms with Crippen molar-refractivity contribution in [3.63, 3.8) is 0 Å². The smallest absolute Gasteiger partial charge is 0.224 e. The Balaban J connectivity index is 1.56. The first kappa shape index (κ1) is 15.5. The summed E-state index contributed by atoms with van der Waals surface area (Å²) >= 11 is 0. The van der Waals surface area contributed by atoms with Gasteiger partial charge in [-0.2, -0.15) is 0 Å². The monoisotopic (exact) mass is 313 g/mol. The summed E-state index contributed by atoms with van der Waals surface area (Å²) in [5, 5.41) is 3.01. The van der Waals surface area contributed by atoms with Gasteiger partial charge in [-0.15, -0.1) is 0 Å². The number of amides is 1. The zero-order valence-corrected chi connectivity index (χ0v) is 13.1. The number of carbonyl (C=O) groups excluding carboxylic acids is 1. The highest BCUT2D eigenvalue weighted by molar-refractivity contribution is 5.78. The summed E-state index contributed by atoms with van der Waals surface area (Å²) in [6, 6.07) is 14.1. The Morgan fingerprint density at radius 3 is 2.35 bits per heavy atom. The topological polar surface area (TPSA) is 38.3 Å². The Kier molecular flexibility index (Phi) is 4.33. The lowest BCUT2D eigenvalue weighted by Gasteiger charge is -2.17. The fourth-order valence-electron chi connectivity index (χ4n) is 2.78. The van der Waals surface area contributed by atoms with E-state index in [9.17, 15) is 9.18 Å². The summed E-state index contributed by atoms with van der Waals surface area (Å²) in [6.07, 6.45) is 2.44. The molecule has 1 saturated carbocycles. The van der Waals surface area contributed by atoms with Gasteiger partial charge in [0.15, 0.2) is 0 Å². The maximum atomic E-state index is 12.9. The Labute approximate surface area is 135 Å². The predicted molar refractivity (Wildman–Crippen MR) is 87.0 cm³/mol. The number of nitrogens with one attached hydrogen (secondary N) is 1. The van der Waals surface area contributed by atoms with Crippen LogP contribution in [0.2, 0.25) is 0 Å². The van der Waals surface area contributed by atoms with E-state index in [0.717, 1.165) is 24.2 Å². The molecule has 0 atom stereocenters. The van der Waals surface area contributed by atoms with Crippen LogP contribution in [0.1, 0.15) is 24.0 Å². The SMILES string of the molecule is COc1ccc(C2(CNC(=O)Cc3ccc(F)cc3)CC2)cc1. The number of benzene rings is 2. The van der Waals surface area contributed by atoms with Crippen LogP contribution in [0.5, 0.6) is 5.75 Å². The first-order valence-corrected chi connectivity index (χ1v) is 7.77. The van der Waals surface area contributed by atoms with Gasteiger partial charge in [0.05, 0.1) is 13.5 Å².